The fraction of sp³-hybridized carbons (Fsp3) is 0.150. The van der Waals surface area contributed by atoms with Crippen LogP contribution in [0.5, 0.6) is 0 Å². The number of nitrogens with zero attached hydrogens (tertiary/aromatic N) is 3. The van der Waals surface area contributed by atoms with Crippen molar-refractivity contribution in [3.05, 3.63) is 68.7 Å². The van der Waals surface area contributed by atoms with Gasteiger partial charge in [0.2, 0.25) is 11.0 Å². The largest absolute Gasteiger partial charge is 0.462 e. The van der Waals surface area contributed by atoms with Crippen LogP contribution in [-0.4, -0.2) is 45.3 Å². The SMILES string of the molecule is CCOC(=O)c1ccc(NC(=O)CSc2nnc(NC(=O)c3cc(Cl)ccc3[N+](=O)[O-])s2)cc1. The second kappa shape index (κ2) is 11.5. The third-order valence-corrected chi connectivity index (χ3v) is 6.24. The smallest absolute Gasteiger partial charge is 0.338 e. The summed E-state index contributed by atoms with van der Waals surface area (Å²) in [6, 6.07) is 9.91. The maximum Gasteiger partial charge on any atom is 0.338 e. The molecular formula is C20H16ClN5O6S2. The summed E-state index contributed by atoms with van der Waals surface area (Å²) in [7, 11) is 0. The summed E-state index contributed by atoms with van der Waals surface area (Å²) in [6.45, 7) is 1.98. The summed E-state index contributed by atoms with van der Waals surface area (Å²) < 4.78 is 5.31. The molecule has 0 aliphatic carbocycles. The molecule has 0 aliphatic heterocycles. The van der Waals surface area contributed by atoms with Gasteiger partial charge in [-0.15, -0.1) is 10.2 Å². The molecule has 3 rings (SSSR count). The Morgan fingerprint density at radius 1 is 1.15 bits per heavy atom. The number of carbonyl (C=O) groups is 3. The van der Waals surface area contributed by atoms with Gasteiger partial charge in [-0.05, 0) is 43.3 Å². The van der Waals surface area contributed by atoms with Crippen LogP contribution in [0.25, 0.3) is 0 Å². The molecule has 2 N–H and O–H groups in total. The van der Waals surface area contributed by atoms with Crippen LogP contribution >= 0.6 is 34.7 Å². The van der Waals surface area contributed by atoms with Gasteiger partial charge in [0.25, 0.3) is 11.6 Å². The van der Waals surface area contributed by atoms with E-state index in [1.165, 1.54) is 12.1 Å². The van der Waals surface area contributed by atoms with Crippen molar-refractivity contribution in [3.8, 4) is 0 Å². The number of rotatable bonds is 9. The van der Waals surface area contributed by atoms with Crippen LogP contribution < -0.4 is 10.6 Å². The number of nitro groups is 1. The second-order valence-corrected chi connectivity index (χ2v) is 9.02. The van der Waals surface area contributed by atoms with Gasteiger partial charge in [-0.25, -0.2) is 4.79 Å². The Hall–Kier alpha value is -3.55. The van der Waals surface area contributed by atoms with E-state index >= 15 is 0 Å². The molecule has 0 aliphatic rings. The number of nitrogens with one attached hydrogen (secondary N) is 2. The molecule has 0 unspecified atom stereocenters. The molecule has 0 saturated carbocycles. The van der Waals surface area contributed by atoms with E-state index in [2.05, 4.69) is 20.8 Å². The van der Waals surface area contributed by atoms with Crippen molar-refractivity contribution in [2.75, 3.05) is 23.0 Å². The molecule has 0 atom stereocenters. The number of aromatic nitrogens is 2. The van der Waals surface area contributed by atoms with Gasteiger partial charge >= 0.3 is 5.97 Å². The third-order valence-electron chi connectivity index (χ3n) is 4.03. The lowest BCUT2D eigenvalue weighted by molar-refractivity contribution is -0.385. The number of hydrogen-bond acceptors (Lipinski definition) is 10. The summed E-state index contributed by atoms with van der Waals surface area (Å²) in [5.74, 6) is -1.50. The minimum atomic E-state index is -0.758. The fourth-order valence-corrected chi connectivity index (χ4v) is 4.28. The van der Waals surface area contributed by atoms with E-state index in [0.717, 1.165) is 29.2 Å². The lowest BCUT2D eigenvalue weighted by Crippen LogP contribution is -2.14. The van der Waals surface area contributed by atoms with Gasteiger partial charge in [0.05, 0.1) is 22.8 Å². The van der Waals surface area contributed by atoms with E-state index in [0.29, 0.717) is 15.6 Å². The first-order valence-corrected chi connectivity index (χ1v) is 11.7. The topological polar surface area (TPSA) is 153 Å². The predicted molar refractivity (Wildman–Crippen MR) is 128 cm³/mol. The van der Waals surface area contributed by atoms with Gasteiger partial charge in [-0.2, -0.15) is 0 Å². The molecule has 11 nitrogen and oxygen atoms in total. The molecule has 14 heteroatoms. The highest BCUT2D eigenvalue weighted by atomic mass is 35.5. The van der Waals surface area contributed by atoms with Gasteiger partial charge in [-0.1, -0.05) is 34.7 Å². The molecule has 1 aromatic heterocycles. The van der Waals surface area contributed by atoms with E-state index in [1.54, 1.807) is 31.2 Å². The molecule has 0 saturated heterocycles. The van der Waals surface area contributed by atoms with E-state index in [1.807, 2.05) is 0 Å². The van der Waals surface area contributed by atoms with Gasteiger partial charge in [0, 0.05) is 16.8 Å². The Morgan fingerprint density at radius 2 is 1.88 bits per heavy atom. The zero-order valence-corrected chi connectivity index (χ0v) is 19.8. The van der Waals surface area contributed by atoms with E-state index < -0.39 is 22.5 Å². The summed E-state index contributed by atoms with van der Waals surface area (Å²) in [6.07, 6.45) is 0. The molecule has 0 bridgehead atoms. The first-order valence-electron chi connectivity index (χ1n) is 9.55. The standard InChI is InChI=1S/C20H16ClN5O6S2/c1-2-32-18(29)11-3-6-13(7-4-11)22-16(27)10-33-20-25-24-19(34-20)23-17(28)14-9-12(21)5-8-15(14)26(30)31/h3-9H,2,10H2,1H3,(H,22,27)(H,23,24,28). The van der Waals surface area contributed by atoms with Crippen molar-refractivity contribution in [2.24, 2.45) is 0 Å². The molecule has 2 aromatic carbocycles. The van der Waals surface area contributed by atoms with Crippen molar-refractivity contribution < 1.29 is 24.0 Å². The first kappa shape index (κ1) is 25.1. The highest BCUT2D eigenvalue weighted by molar-refractivity contribution is 8.01. The maximum absolute atomic E-state index is 12.4. The number of thioether (sulfide) groups is 1. The molecule has 2 amide bonds. The monoisotopic (exact) mass is 521 g/mol. The highest BCUT2D eigenvalue weighted by Crippen LogP contribution is 2.28. The lowest BCUT2D eigenvalue weighted by Gasteiger charge is -2.06. The van der Waals surface area contributed by atoms with Gasteiger partial charge in [-0.3, -0.25) is 25.0 Å². The number of amides is 2. The molecule has 0 radical (unpaired) electrons. The number of benzene rings is 2. The van der Waals surface area contributed by atoms with Crippen LogP contribution in [0.4, 0.5) is 16.5 Å². The molecule has 34 heavy (non-hydrogen) atoms. The van der Waals surface area contributed by atoms with E-state index in [-0.39, 0.29) is 34.0 Å². The molecule has 1 heterocycles. The van der Waals surface area contributed by atoms with E-state index in [4.69, 9.17) is 16.3 Å². The Morgan fingerprint density at radius 3 is 2.56 bits per heavy atom. The van der Waals surface area contributed by atoms with Crippen molar-refractivity contribution in [1.29, 1.82) is 0 Å². The number of halogens is 1. The predicted octanol–water partition coefficient (Wildman–Crippen LogP) is 4.26. The van der Waals surface area contributed by atoms with Crippen LogP contribution in [0.1, 0.15) is 27.6 Å². The van der Waals surface area contributed by atoms with Crippen molar-refractivity contribution in [1.82, 2.24) is 10.2 Å². The summed E-state index contributed by atoms with van der Waals surface area (Å²) >= 11 is 7.95. The van der Waals surface area contributed by atoms with Gasteiger partial charge in [0.15, 0.2) is 4.34 Å². The van der Waals surface area contributed by atoms with Crippen LogP contribution in [0.2, 0.25) is 5.02 Å². The van der Waals surface area contributed by atoms with Crippen molar-refractivity contribution >= 4 is 69.0 Å². The second-order valence-electron chi connectivity index (χ2n) is 6.38. The number of carbonyl (C=O) groups excluding carboxylic acids is 3. The molecular weight excluding hydrogens is 506 g/mol. The fourth-order valence-electron chi connectivity index (χ4n) is 2.56. The molecule has 0 spiro atoms. The number of anilines is 2. The average molecular weight is 522 g/mol. The number of nitro benzene ring substituents is 1. The normalized spacial score (nSPS) is 10.4. The average Bonchev–Trinajstić information content (AvgIpc) is 3.25. The molecule has 3 aromatic rings. The molecule has 176 valence electrons. The van der Waals surface area contributed by atoms with Gasteiger partial charge in [0.1, 0.15) is 5.56 Å². The van der Waals surface area contributed by atoms with Gasteiger partial charge < -0.3 is 10.1 Å². The maximum atomic E-state index is 12.4. The number of ether oxygens (including phenoxy) is 1. The Balaban J connectivity index is 1.54. The van der Waals surface area contributed by atoms with Crippen molar-refractivity contribution in [3.63, 3.8) is 0 Å². The Bertz CT molecular complexity index is 1230. The Labute approximate surface area is 206 Å². The van der Waals surface area contributed by atoms with Crippen molar-refractivity contribution in [2.45, 2.75) is 11.3 Å². The van der Waals surface area contributed by atoms with Crippen LogP contribution in [0, 0.1) is 10.1 Å². The first-order chi connectivity index (χ1) is 16.3. The number of hydrogen-bond donors (Lipinski definition) is 2. The quantitative estimate of drug-likeness (QED) is 0.138. The third kappa shape index (κ3) is 6.73. The Kier molecular flexibility index (Phi) is 8.51. The van der Waals surface area contributed by atoms with Crippen LogP contribution in [-0.2, 0) is 9.53 Å². The lowest BCUT2D eigenvalue weighted by atomic mass is 10.1. The van der Waals surface area contributed by atoms with Crippen LogP contribution in [0.15, 0.2) is 46.8 Å². The minimum absolute atomic E-state index is 0.0158. The zero-order valence-electron chi connectivity index (χ0n) is 17.4. The van der Waals surface area contributed by atoms with E-state index in [9.17, 15) is 24.5 Å². The van der Waals surface area contributed by atoms with Crippen LogP contribution in [0.3, 0.4) is 0 Å². The summed E-state index contributed by atoms with van der Waals surface area (Å²) in [5, 5.41) is 24.3. The summed E-state index contributed by atoms with van der Waals surface area (Å²) in [5.41, 5.74) is 0.274. The number of esters is 1. The summed E-state index contributed by atoms with van der Waals surface area (Å²) in [4.78, 5) is 46.8. The highest BCUT2D eigenvalue weighted by Gasteiger charge is 2.22. The zero-order chi connectivity index (χ0) is 24.7. The minimum Gasteiger partial charge on any atom is -0.462 e. The molecule has 0 fully saturated rings.